The minimum absolute atomic E-state index is 0.0659. The van der Waals surface area contributed by atoms with Crippen molar-refractivity contribution < 1.29 is 23.1 Å². The van der Waals surface area contributed by atoms with Gasteiger partial charge in [0.2, 0.25) is 0 Å². The Hall–Kier alpha value is -3.42. The van der Waals surface area contributed by atoms with Gasteiger partial charge in [-0.25, -0.2) is 14.8 Å². The van der Waals surface area contributed by atoms with Gasteiger partial charge in [0, 0.05) is 5.56 Å². The second-order valence-electron chi connectivity index (χ2n) is 6.36. The molecule has 3 rings (SSSR count). The van der Waals surface area contributed by atoms with Crippen LogP contribution < -0.4 is 5.32 Å². The van der Waals surface area contributed by atoms with Gasteiger partial charge in [-0.1, -0.05) is 43.7 Å². The third-order valence-electron chi connectivity index (χ3n) is 4.30. The maximum absolute atomic E-state index is 13.2. The Morgan fingerprint density at radius 1 is 1.07 bits per heavy atom. The number of benzene rings is 2. The third-order valence-corrected chi connectivity index (χ3v) is 4.30. The number of halogens is 3. The van der Waals surface area contributed by atoms with E-state index in [0.717, 1.165) is 18.1 Å². The van der Waals surface area contributed by atoms with Crippen LogP contribution in [0.5, 0.6) is 0 Å². The lowest BCUT2D eigenvalue weighted by molar-refractivity contribution is -0.137. The van der Waals surface area contributed by atoms with Gasteiger partial charge in [-0.15, -0.1) is 0 Å². The molecule has 0 atom stereocenters. The Kier molecular flexibility index (Phi) is 5.81. The van der Waals surface area contributed by atoms with Crippen molar-refractivity contribution in [2.24, 2.45) is 0 Å². The largest absolute Gasteiger partial charge is 0.478 e. The highest BCUT2D eigenvalue weighted by atomic mass is 19.4. The molecule has 0 aliphatic carbocycles. The zero-order chi connectivity index (χ0) is 21.0. The summed E-state index contributed by atoms with van der Waals surface area (Å²) in [5, 5.41) is 12.5. The first-order chi connectivity index (χ1) is 13.8. The van der Waals surface area contributed by atoms with E-state index in [2.05, 4.69) is 15.3 Å². The van der Waals surface area contributed by atoms with Crippen molar-refractivity contribution in [3.05, 3.63) is 71.5 Å². The van der Waals surface area contributed by atoms with E-state index in [1.807, 2.05) is 13.0 Å². The molecule has 0 aliphatic rings. The molecule has 0 bridgehead atoms. The van der Waals surface area contributed by atoms with Crippen LogP contribution in [0.15, 0.2) is 54.9 Å². The number of anilines is 2. The van der Waals surface area contributed by atoms with Gasteiger partial charge < -0.3 is 10.4 Å². The highest BCUT2D eigenvalue weighted by Crippen LogP contribution is 2.36. The van der Waals surface area contributed by atoms with E-state index < -0.39 is 17.7 Å². The van der Waals surface area contributed by atoms with Crippen LogP contribution in [0.25, 0.3) is 11.4 Å². The minimum Gasteiger partial charge on any atom is -0.478 e. The molecule has 0 saturated heterocycles. The summed E-state index contributed by atoms with van der Waals surface area (Å²) in [7, 11) is 0. The van der Waals surface area contributed by atoms with Crippen LogP contribution in [0.3, 0.4) is 0 Å². The first-order valence-electron chi connectivity index (χ1n) is 8.92. The van der Waals surface area contributed by atoms with Crippen molar-refractivity contribution in [3.8, 4) is 11.4 Å². The molecule has 150 valence electrons. The Bertz CT molecular complexity index is 1020. The molecule has 0 fully saturated rings. The number of alkyl halides is 3. The molecule has 5 nitrogen and oxygen atoms in total. The average molecular weight is 401 g/mol. The number of nitrogens with zero attached hydrogens (tertiary/aromatic N) is 2. The summed E-state index contributed by atoms with van der Waals surface area (Å²) < 4.78 is 39.6. The van der Waals surface area contributed by atoms with Crippen LogP contribution in [0.2, 0.25) is 0 Å². The number of carboxylic acids is 1. The van der Waals surface area contributed by atoms with E-state index in [1.54, 1.807) is 6.07 Å². The van der Waals surface area contributed by atoms with Gasteiger partial charge >= 0.3 is 12.1 Å². The summed E-state index contributed by atoms with van der Waals surface area (Å²) in [6.45, 7) is 1.98. The molecule has 2 N–H and O–H groups in total. The molecule has 29 heavy (non-hydrogen) atoms. The molecule has 1 heterocycles. The number of carboxylic acid groups (broad SMARTS) is 1. The fourth-order valence-corrected chi connectivity index (χ4v) is 3.00. The predicted molar refractivity (Wildman–Crippen MR) is 103 cm³/mol. The van der Waals surface area contributed by atoms with Crippen molar-refractivity contribution in [2.45, 2.75) is 25.9 Å². The van der Waals surface area contributed by atoms with Gasteiger partial charge in [-0.3, -0.25) is 0 Å². The van der Waals surface area contributed by atoms with Crippen LogP contribution in [-0.2, 0) is 12.6 Å². The topological polar surface area (TPSA) is 75.1 Å². The van der Waals surface area contributed by atoms with Gasteiger partial charge in [0.15, 0.2) is 5.82 Å². The van der Waals surface area contributed by atoms with Crippen LogP contribution in [0.1, 0.15) is 34.8 Å². The summed E-state index contributed by atoms with van der Waals surface area (Å²) in [4.78, 5) is 19.7. The molecule has 0 unspecified atom stereocenters. The van der Waals surface area contributed by atoms with Crippen LogP contribution in [-0.4, -0.2) is 21.0 Å². The number of aromatic nitrogens is 2. The van der Waals surface area contributed by atoms with Gasteiger partial charge in [-0.05, 0) is 24.1 Å². The quantitative estimate of drug-likeness (QED) is 0.566. The molecule has 1 aromatic heterocycles. The van der Waals surface area contributed by atoms with Crippen molar-refractivity contribution in [1.29, 1.82) is 0 Å². The maximum Gasteiger partial charge on any atom is 0.417 e. The second kappa shape index (κ2) is 8.30. The molecular formula is C21H18F3N3O2. The van der Waals surface area contributed by atoms with Gasteiger partial charge in [0.05, 0.1) is 34.9 Å². The van der Waals surface area contributed by atoms with Crippen LogP contribution in [0, 0.1) is 0 Å². The maximum atomic E-state index is 13.2. The van der Waals surface area contributed by atoms with Gasteiger partial charge in [0.1, 0.15) is 0 Å². The molecule has 0 spiro atoms. The molecule has 0 amide bonds. The van der Waals surface area contributed by atoms with Crippen molar-refractivity contribution in [1.82, 2.24) is 9.97 Å². The summed E-state index contributed by atoms with van der Waals surface area (Å²) in [5.41, 5.74) is 0.783. The zero-order valence-electron chi connectivity index (χ0n) is 15.5. The molecule has 2 aromatic carbocycles. The number of hydrogen-bond acceptors (Lipinski definition) is 4. The van der Waals surface area contributed by atoms with E-state index >= 15 is 0 Å². The molecule has 0 aliphatic heterocycles. The van der Waals surface area contributed by atoms with Gasteiger partial charge in [-0.2, -0.15) is 13.2 Å². The smallest absolute Gasteiger partial charge is 0.417 e. The lowest BCUT2D eigenvalue weighted by Gasteiger charge is -2.15. The average Bonchev–Trinajstić information content (AvgIpc) is 2.69. The predicted octanol–water partition coefficient (Wildman–Crippen LogP) is 5.56. The first kappa shape index (κ1) is 20.3. The number of aromatic carboxylic acids is 1. The highest BCUT2D eigenvalue weighted by Gasteiger charge is 2.34. The number of carbonyl (C=O) groups is 1. The van der Waals surface area contributed by atoms with E-state index in [-0.39, 0.29) is 17.0 Å². The molecular weight excluding hydrogens is 383 g/mol. The lowest BCUT2D eigenvalue weighted by atomic mass is 10.0. The fourth-order valence-electron chi connectivity index (χ4n) is 3.00. The number of aryl methyl sites for hydroxylation is 1. The summed E-state index contributed by atoms with van der Waals surface area (Å²) in [5.74, 6) is -1.15. The zero-order valence-corrected chi connectivity index (χ0v) is 15.5. The third kappa shape index (κ3) is 4.53. The van der Waals surface area contributed by atoms with Crippen molar-refractivity contribution >= 4 is 17.3 Å². The van der Waals surface area contributed by atoms with E-state index in [4.69, 9.17) is 0 Å². The summed E-state index contributed by atoms with van der Waals surface area (Å²) in [6, 6.07) is 10.1. The molecule has 0 radical (unpaired) electrons. The number of para-hydroxylation sites is 1. The Balaban J connectivity index is 1.95. The minimum atomic E-state index is -4.52. The molecule has 8 heteroatoms. The Morgan fingerprint density at radius 2 is 1.76 bits per heavy atom. The Labute approximate surface area is 165 Å². The van der Waals surface area contributed by atoms with Crippen LogP contribution in [0.4, 0.5) is 24.5 Å². The SMILES string of the molecule is CCCc1cccc(C(=O)O)c1Nc1cnc(-c2ccccc2C(F)(F)F)nc1. The van der Waals surface area contributed by atoms with Gasteiger partial charge in [0.25, 0.3) is 0 Å². The Morgan fingerprint density at radius 3 is 2.38 bits per heavy atom. The lowest BCUT2D eigenvalue weighted by Crippen LogP contribution is -2.08. The molecule has 3 aromatic rings. The van der Waals surface area contributed by atoms with E-state index in [9.17, 15) is 23.1 Å². The number of rotatable bonds is 6. The van der Waals surface area contributed by atoms with Crippen molar-refractivity contribution in [3.63, 3.8) is 0 Å². The monoisotopic (exact) mass is 401 g/mol. The van der Waals surface area contributed by atoms with E-state index in [1.165, 1.54) is 36.7 Å². The first-order valence-corrected chi connectivity index (χ1v) is 8.92. The van der Waals surface area contributed by atoms with Crippen LogP contribution >= 0.6 is 0 Å². The normalized spacial score (nSPS) is 11.3. The molecule has 0 saturated carbocycles. The van der Waals surface area contributed by atoms with E-state index in [0.29, 0.717) is 17.8 Å². The van der Waals surface area contributed by atoms with Crippen molar-refractivity contribution in [2.75, 3.05) is 5.32 Å². The summed E-state index contributed by atoms with van der Waals surface area (Å²) >= 11 is 0. The number of nitrogens with one attached hydrogen (secondary N) is 1. The fraction of sp³-hybridized carbons (Fsp3) is 0.190. The second-order valence-corrected chi connectivity index (χ2v) is 6.36. The highest BCUT2D eigenvalue weighted by molar-refractivity contribution is 5.96. The standard InChI is InChI=1S/C21H18F3N3O2/c1-2-6-13-7-5-9-16(20(28)29)18(13)27-14-11-25-19(26-12-14)15-8-3-4-10-17(15)21(22,23)24/h3-5,7-12,27H,2,6H2,1H3,(H,28,29). The summed E-state index contributed by atoms with van der Waals surface area (Å²) in [6.07, 6.45) is -0.358. The number of hydrogen-bond donors (Lipinski definition) is 2.